The summed E-state index contributed by atoms with van der Waals surface area (Å²) in [6, 6.07) is 8.64. The number of nitrogens with one attached hydrogen (secondary N) is 1. The van der Waals surface area contributed by atoms with Crippen LogP contribution in [0.2, 0.25) is 0 Å². The summed E-state index contributed by atoms with van der Waals surface area (Å²) in [5.74, 6) is 0.570. The molecule has 1 unspecified atom stereocenters. The number of hydrogen-bond donors (Lipinski definition) is 1. The van der Waals surface area contributed by atoms with Gasteiger partial charge in [-0.3, -0.25) is 9.98 Å². The van der Waals surface area contributed by atoms with Gasteiger partial charge in [-0.2, -0.15) is 0 Å². The van der Waals surface area contributed by atoms with Crippen LogP contribution in [-0.2, 0) is 0 Å². The van der Waals surface area contributed by atoms with Gasteiger partial charge in [-0.1, -0.05) is 68.5 Å². The highest BCUT2D eigenvalue weighted by Crippen LogP contribution is 2.33. The van der Waals surface area contributed by atoms with Crippen LogP contribution in [0.1, 0.15) is 39.2 Å². The fourth-order valence-electron chi connectivity index (χ4n) is 3.69. The molecule has 1 aromatic carbocycles. The van der Waals surface area contributed by atoms with E-state index in [1.165, 1.54) is 11.1 Å². The Kier molecular flexibility index (Phi) is 7.56. The second-order valence-electron chi connectivity index (χ2n) is 6.96. The maximum Gasteiger partial charge on any atom is 0.0751 e. The zero-order chi connectivity index (χ0) is 21.3. The molecule has 0 saturated carbocycles. The predicted molar refractivity (Wildman–Crippen MR) is 131 cm³/mol. The van der Waals surface area contributed by atoms with Gasteiger partial charge in [0, 0.05) is 36.5 Å². The average Bonchev–Trinajstić information content (AvgIpc) is 3.48. The van der Waals surface area contributed by atoms with Gasteiger partial charge >= 0.3 is 0 Å². The summed E-state index contributed by atoms with van der Waals surface area (Å²) in [7, 11) is 0. The van der Waals surface area contributed by atoms with Gasteiger partial charge in [0.25, 0.3) is 0 Å². The molecule has 1 atom stereocenters. The molecule has 0 fully saturated rings. The van der Waals surface area contributed by atoms with Gasteiger partial charge in [0.1, 0.15) is 0 Å². The third-order valence-electron chi connectivity index (χ3n) is 5.19. The third-order valence-corrected chi connectivity index (χ3v) is 5.19. The normalized spacial score (nSPS) is 19.9. The second-order valence-corrected chi connectivity index (χ2v) is 6.96. The van der Waals surface area contributed by atoms with Crippen molar-refractivity contribution in [1.82, 2.24) is 0 Å². The largest absolute Gasteiger partial charge is 0.354 e. The zero-order valence-corrected chi connectivity index (χ0v) is 18.3. The first kappa shape index (κ1) is 21.5. The van der Waals surface area contributed by atoms with E-state index >= 15 is 0 Å². The molecule has 4 rings (SSSR count). The smallest absolute Gasteiger partial charge is 0.0751 e. The molecule has 2 aliphatic carbocycles. The maximum atomic E-state index is 4.73. The fraction of sp³-hybridized carbons (Fsp3) is 0.259. The van der Waals surface area contributed by atoms with Crippen LogP contribution in [0.5, 0.6) is 0 Å². The van der Waals surface area contributed by atoms with Crippen molar-refractivity contribution in [1.29, 1.82) is 0 Å². The first-order valence-electron chi connectivity index (χ1n) is 10.8. The summed E-state index contributed by atoms with van der Waals surface area (Å²) in [4.78, 5) is 9.13. The summed E-state index contributed by atoms with van der Waals surface area (Å²) in [5, 5.41) is 3.55. The summed E-state index contributed by atoms with van der Waals surface area (Å²) < 4.78 is 0. The Morgan fingerprint density at radius 1 is 1.07 bits per heavy atom. The van der Waals surface area contributed by atoms with Crippen molar-refractivity contribution in [2.24, 2.45) is 15.9 Å². The molecule has 0 aromatic heterocycles. The van der Waals surface area contributed by atoms with E-state index in [0.29, 0.717) is 5.92 Å². The number of benzene rings is 1. The van der Waals surface area contributed by atoms with Crippen molar-refractivity contribution >= 4 is 17.6 Å². The Bertz CT molecular complexity index is 967. The molecule has 3 aliphatic rings. The molecule has 3 nitrogen and oxygen atoms in total. The van der Waals surface area contributed by atoms with Gasteiger partial charge in [-0.05, 0) is 48.8 Å². The predicted octanol–water partition coefficient (Wildman–Crippen LogP) is 6.78. The van der Waals surface area contributed by atoms with E-state index in [1.807, 2.05) is 40.1 Å². The number of rotatable bonds is 6. The van der Waals surface area contributed by atoms with E-state index in [9.17, 15) is 0 Å². The number of aliphatic imine (C=N–C) groups is 2. The topological polar surface area (TPSA) is 36.8 Å². The SMILES string of the molecule is C/C=C(\C=NCC)C1=CN=C2C(Nc3ccc(C4C=CC=C4)cc3)=CC=CC12.CC. The molecule has 1 aliphatic heterocycles. The van der Waals surface area contributed by atoms with Crippen molar-refractivity contribution in [3.8, 4) is 0 Å². The molecule has 0 bridgehead atoms. The standard InChI is InChI=1S/C25H25N3.C2H6/c1-3-18(16-26-4-2)23-17-27-25-22(23)10-7-11-24(25)28-21-14-12-20(13-15-21)19-8-5-6-9-19;1-2/h3,5-17,19,22,28H,4H2,1-2H3;1-2H3/b18-3+,26-16?;. The highest BCUT2D eigenvalue weighted by Gasteiger charge is 2.28. The number of nitrogens with zero attached hydrogens (tertiary/aromatic N) is 2. The highest BCUT2D eigenvalue weighted by atomic mass is 14.9. The van der Waals surface area contributed by atoms with Crippen LogP contribution in [0.25, 0.3) is 0 Å². The van der Waals surface area contributed by atoms with Gasteiger partial charge in [-0.25, -0.2) is 0 Å². The minimum atomic E-state index is 0.176. The molecule has 0 saturated heterocycles. The minimum absolute atomic E-state index is 0.176. The number of anilines is 1. The van der Waals surface area contributed by atoms with Gasteiger partial charge in [0.05, 0.1) is 11.4 Å². The number of fused-ring (bicyclic) bond motifs is 1. The molecule has 0 amide bonds. The van der Waals surface area contributed by atoms with Crippen LogP contribution >= 0.6 is 0 Å². The van der Waals surface area contributed by atoms with Gasteiger partial charge in [0.15, 0.2) is 0 Å². The Morgan fingerprint density at radius 3 is 2.47 bits per heavy atom. The molecule has 1 N–H and O–H groups in total. The maximum absolute atomic E-state index is 4.73. The molecular formula is C27H31N3. The molecule has 0 radical (unpaired) electrons. The second kappa shape index (κ2) is 10.5. The lowest BCUT2D eigenvalue weighted by molar-refractivity contribution is 1.06. The van der Waals surface area contributed by atoms with E-state index in [1.54, 1.807) is 0 Å². The van der Waals surface area contributed by atoms with Crippen molar-refractivity contribution < 1.29 is 0 Å². The third kappa shape index (κ3) is 4.68. The summed E-state index contributed by atoms with van der Waals surface area (Å²) in [6.45, 7) is 8.88. The van der Waals surface area contributed by atoms with E-state index in [2.05, 4.69) is 83.2 Å². The lowest BCUT2D eigenvalue weighted by Gasteiger charge is -2.21. The van der Waals surface area contributed by atoms with Gasteiger partial charge in [-0.15, -0.1) is 0 Å². The molecule has 3 heteroatoms. The molecule has 1 aromatic rings. The summed E-state index contributed by atoms with van der Waals surface area (Å²) in [6.07, 6.45) is 21.1. The Balaban J connectivity index is 0.00000124. The van der Waals surface area contributed by atoms with Crippen LogP contribution in [0.4, 0.5) is 5.69 Å². The molecule has 0 spiro atoms. The van der Waals surface area contributed by atoms with Gasteiger partial charge < -0.3 is 5.32 Å². The van der Waals surface area contributed by atoms with Crippen LogP contribution < -0.4 is 5.32 Å². The first-order valence-corrected chi connectivity index (χ1v) is 10.8. The minimum Gasteiger partial charge on any atom is -0.354 e. The van der Waals surface area contributed by atoms with E-state index in [0.717, 1.165) is 29.2 Å². The Morgan fingerprint density at radius 2 is 1.80 bits per heavy atom. The molecule has 1 heterocycles. The van der Waals surface area contributed by atoms with Crippen molar-refractivity contribution in [3.05, 3.63) is 101 Å². The van der Waals surface area contributed by atoms with Crippen molar-refractivity contribution in [2.45, 2.75) is 33.6 Å². The van der Waals surface area contributed by atoms with E-state index in [-0.39, 0.29) is 5.92 Å². The van der Waals surface area contributed by atoms with E-state index in [4.69, 9.17) is 4.99 Å². The number of allylic oxidation sites excluding steroid dienone is 11. The van der Waals surface area contributed by atoms with Crippen LogP contribution in [0.3, 0.4) is 0 Å². The zero-order valence-electron chi connectivity index (χ0n) is 18.3. The molecule has 154 valence electrons. The Labute approximate surface area is 180 Å². The molecular weight excluding hydrogens is 366 g/mol. The highest BCUT2D eigenvalue weighted by molar-refractivity contribution is 6.11. The van der Waals surface area contributed by atoms with Crippen molar-refractivity contribution in [3.63, 3.8) is 0 Å². The van der Waals surface area contributed by atoms with Crippen LogP contribution in [-0.4, -0.2) is 18.5 Å². The Hall–Kier alpha value is -3.20. The quantitative estimate of drug-likeness (QED) is 0.528. The molecule has 30 heavy (non-hydrogen) atoms. The first-order chi connectivity index (χ1) is 14.8. The van der Waals surface area contributed by atoms with Crippen LogP contribution in [0, 0.1) is 5.92 Å². The van der Waals surface area contributed by atoms with Crippen molar-refractivity contribution in [2.75, 3.05) is 11.9 Å². The average molecular weight is 398 g/mol. The summed E-state index contributed by atoms with van der Waals surface area (Å²) >= 11 is 0. The lowest BCUT2D eigenvalue weighted by atomic mass is 9.87. The van der Waals surface area contributed by atoms with E-state index < -0.39 is 0 Å². The lowest BCUT2D eigenvalue weighted by Crippen LogP contribution is -2.21. The summed E-state index contributed by atoms with van der Waals surface area (Å²) in [5.41, 5.74) is 6.83. The fourth-order valence-corrected chi connectivity index (χ4v) is 3.69. The van der Waals surface area contributed by atoms with Crippen LogP contribution in [0.15, 0.2) is 106 Å². The monoisotopic (exact) mass is 397 g/mol. The van der Waals surface area contributed by atoms with Gasteiger partial charge in [0.2, 0.25) is 0 Å². The number of hydrogen-bond acceptors (Lipinski definition) is 3.